The number of hydrogen-bond acceptors (Lipinski definition) is 3. The van der Waals surface area contributed by atoms with Crippen LogP contribution in [0.25, 0.3) is 0 Å². The molecule has 0 atom stereocenters. The topological polar surface area (TPSA) is 50.4 Å². The summed E-state index contributed by atoms with van der Waals surface area (Å²) in [5, 5.41) is 5.88. The van der Waals surface area contributed by atoms with E-state index in [1.165, 1.54) is 11.1 Å². The van der Waals surface area contributed by atoms with E-state index >= 15 is 0 Å². The average Bonchev–Trinajstić information content (AvgIpc) is 2.83. The largest absolute Gasteiger partial charge is 0.493 e. The van der Waals surface area contributed by atoms with E-state index in [4.69, 9.17) is 4.74 Å². The van der Waals surface area contributed by atoms with Crippen molar-refractivity contribution in [1.82, 2.24) is 10.6 Å². The van der Waals surface area contributed by atoms with Gasteiger partial charge in [-0.05, 0) is 30.7 Å². The molecule has 1 aromatic carbocycles. The molecule has 106 valence electrons. The summed E-state index contributed by atoms with van der Waals surface area (Å²) in [6.07, 6.45) is 2.41. The van der Waals surface area contributed by atoms with Gasteiger partial charge in [-0.1, -0.05) is 12.1 Å². The third-order valence-electron chi connectivity index (χ3n) is 3.09. The molecule has 0 saturated carbocycles. The van der Waals surface area contributed by atoms with Crippen LogP contribution in [0.5, 0.6) is 5.75 Å². The Bertz CT molecular complexity index is 424. The van der Waals surface area contributed by atoms with Gasteiger partial charge in [-0.15, -0.1) is 12.4 Å². The molecule has 0 unspecified atom stereocenters. The van der Waals surface area contributed by atoms with Crippen molar-refractivity contribution in [3.63, 3.8) is 0 Å². The van der Waals surface area contributed by atoms with E-state index in [2.05, 4.69) is 22.8 Å². The highest BCUT2D eigenvalue weighted by atomic mass is 35.5. The molecule has 4 nitrogen and oxygen atoms in total. The minimum Gasteiger partial charge on any atom is -0.493 e. The highest BCUT2D eigenvalue weighted by Crippen LogP contribution is 2.25. The molecule has 19 heavy (non-hydrogen) atoms. The van der Waals surface area contributed by atoms with Gasteiger partial charge in [0.1, 0.15) is 5.75 Å². The smallest absolute Gasteiger partial charge is 0.221 e. The molecule has 1 amide bonds. The summed E-state index contributed by atoms with van der Waals surface area (Å²) in [5.74, 6) is 1.12. The Morgan fingerprint density at radius 3 is 3.00 bits per heavy atom. The molecule has 0 spiro atoms. The predicted molar refractivity (Wildman–Crippen MR) is 78.1 cm³/mol. The van der Waals surface area contributed by atoms with Crippen molar-refractivity contribution in [3.8, 4) is 5.75 Å². The van der Waals surface area contributed by atoms with Gasteiger partial charge < -0.3 is 15.4 Å². The van der Waals surface area contributed by atoms with E-state index in [1.54, 1.807) is 0 Å². The maximum atomic E-state index is 11.4. The number of carbonyl (C=O) groups excluding carboxylic acids is 1. The van der Waals surface area contributed by atoms with Crippen LogP contribution in [0.4, 0.5) is 0 Å². The summed E-state index contributed by atoms with van der Waals surface area (Å²) in [4.78, 5) is 11.4. The van der Waals surface area contributed by atoms with Gasteiger partial charge in [0, 0.05) is 25.9 Å². The fourth-order valence-corrected chi connectivity index (χ4v) is 2.07. The standard InChI is InChI=1S/C14H20N2O2.ClH/c1-15-7-5-14(17)16-8-4-11-2-3-13-12(10-11)6-9-18-13;/h2-3,10,15H,4-9H2,1H3,(H,16,17);1H. The van der Waals surface area contributed by atoms with Crippen LogP contribution < -0.4 is 15.4 Å². The highest BCUT2D eigenvalue weighted by molar-refractivity contribution is 5.85. The van der Waals surface area contributed by atoms with Crippen LogP contribution in [0.1, 0.15) is 17.5 Å². The van der Waals surface area contributed by atoms with E-state index < -0.39 is 0 Å². The molecule has 5 heteroatoms. The van der Waals surface area contributed by atoms with Crippen molar-refractivity contribution in [1.29, 1.82) is 0 Å². The van der Waals surface area contributed by atoms with E-state index in [9.17, 15) is 4.79 Å². The maximum Gasteiger partial charge on any atom is 0.221 e. The second kappa shape index (κ2) is 8.02. The molecule has 1 aliphatic heterocycles. The molecular formula is C14H21ClN2O2. The lowest BCUT2D eigenvalue weighted by Crippen LogP contribution is -2.28. The first-order valence-corrected chi connectivity index (χ1v) is 6.45. The van der Waals surface area contributed by atoms with Gasteiger partial charge in [0.15, 0.2) is 0 Å². The quantitative estimate of drug-likeness (QED) is 0.828. The van der Waals surface area contributed by atoms with Gasteiger partial charge in [-0.3, -0.25) is 4.79 Å². The van der Waals surface area contributed by atoms with Gasteiger partial charge >= 0.3 is 0 Å². The van der Waals surface area contributed by atoms with Crippen molar-refractivity contribution >= 4 is 18.3 Å². The average molecular weight is 285 g/mol. The second-order valence-electron chi connectivity index (χ2n) is 4.49. The molecule has 0 fully saturated rings. The van der Waals surface area contributed by atoms with Crippen LogP contribution in [0.2, 0.25) is 0 Å². The molecule has 0 saturated heterocycles. The number of amides is 1. The summed E-state index contributed by atoms with van der Waals surface area (Å²) in [7, 11) is 1.85. The fourth-order valence-electron chi connectivity index (χ4n) is 2.07. The Morgan fingerprint density at radius 1 is 1.37 bits per heavy atom. The van der Waals surface area contributed by atoms with E-state index in [1.807, 2.05) is 13.1 Å². The summed E-state index contributed by atoms with van der Waals surface area (Å²) in [6.45, 7) is 2.21. The van der Waals surface area contributed by atoms with Crippen molar-refractivity contribution in [2.24, 2.45) is 0 Å². The Hall–Kier alpha value is -1.26. The number of ether oxygens (including phenoxy) is 1. The number of carbonyl (C=O) groups is 1. The first-order valence-electron chi connectivity index (χ1n) is 6.45. The van der Waals surface area contributed by atoms with Crippen LogP contribution in [-0.4, -0.2) is 32.7 Å². The van der Waals surface area contributed by atoms with Gasteiger partial charge in [-0.2, -0.15) is 0 Å². The zero-order valence-corrected chi connectivity index (χ0v) is 12.0. The minimum atomic E-state index is 0. The first kappa shape index (κ1) is 15.8. The maximum absolute atomic E-state index is 11.4. The Kier molecular flexibility index (Phi) is 6.67. The predicted octanol–water partition coefficient (Wildman–Crippen LogP) is 1.31. The number of hydrogen-bond donors (Lipinski definition) is 2. The van der Waals surface area contributed by atoms with Crippen molar-refractivity contribution in [2.45, 2.75) is 19.3 Å². The van der Waals surface area contributed by atoms with Crippen LogP contribution in [-0.2, 0) is 17.6 Å². The lowest BCUT2D eigenvalue weighted by atomic mass is 10.1. The summed E-state index contributed by atoms with van der Waals surface area (Å²) in [6, 6.07) is 6.28. The monoisotopic (exact) mass is 284 g/mol. The summed E-state index contributed by atoms with van der Waals surface area (Å²) in [5.41, 5.74) is 2.54. The number of nitrogens with one attached hydrogen (secondary N) is 2. The lowest BCUT2D eigenvalue weighted by Gasteiger charge is -2.06. The normalized spacial score (nSPS) is 12.3. The van der Waals surface area contributed by atoms with Gasteiger partial charge in [0.25, 0.3) is 0 Å². The third kappa shape index (κ3) is 4.73. The van der Waals surface area contributed by atoms with Crippen LogP contribution in [0.15, 0.2) is 18.2 Å². The Balaban J connectivity index is 0.00000180. The summed E-state index contributed by atoms with van der Waals surface area (Å²) < 4.78 is 5.46. The van der Waals surface area contributed by atoms with Crippen molar-refractivity contribution in [3.05, 3.63) is 29.3 Å². The summed E-state index contributed by atoms with van der Waals surface area (Å²) >= 11 is 0. The molecular weight excluding hydrogens is 264 g/mol. The molecule has 0 radical (unpaired) electrons. The van der Waals surface area contributed by atoms with Crippen LogP contribution in [0, 0.1) is 0 Å². The van der Waals surface area contributed by atoms with Crippen LogP contribution in [0.3, 0.4) is 0 Å². The molecule has 0 aliphatic carbocycles. The lowest BCUT2D eigenvalue weighted by molar-refractivity contribution is -0.120. The molecule has 2 N–H and O–H groups in total. The zero-order valence-electron chi connectivity index (χ0n) is 11.2. The molecule has 1 heterocycles. The molecule has 1 aliphatic rings. The number of halogens is 1. The van der Waals surface area contributed by atoms with E-state index in [0.717, 1.165) is 31.7 Å². The Labute approximate surface area is 120 Å². The van der Waals surface area contributed by atoms with E-state index in [0.29, 0.717) is 13.0 Å². The Morgan fingerprint density at radius 2 is 2.21 bits per heavy atom. The fraction of sp³-hybridized carbons (Fsp3) is 0.500. The first-order chi connectivity index (χ1) is 8.79. The highest BCUT2D eigenvalue weighted by Gasteiger charge is 2.11. The van der Waals surface area contributed by atoms with Gasteiger partial charge in [0.05, 0.1) is 6.61 Å². The SMILES string of the molecule is CNCCC(=O)NCCc1ccc2c(c1)CCO2.Cl. The third-order valence-corrected chi connectivity index (χ3v) is 3.09. The molecule has 1 aromatic rings. The number of benzene rings is 1. The second-order valence-corrected chi connectivity index (χ2v) is 4.49. The zero-order chi connectivity index (χ0) is 12.8. The van der Waals surface area contributed by atoms with Gasteiger partial charge in [-0.25, -0.2) is 0 Å². The van der Waals surface area contributed by atoms with Crippen LogP contribution >= 0.6 is 12.4 Å². The minimum absolute atomic E-state index is 0. The van der Waals surface area contributed by atoms with Crippen molar-refractivity contribution in [2.75, 3.05) is 26.7 Å². The van der Waals surface area contributed by atoms with Crippen molar-refractivity contribution < 1.29 is 9.53 Å². The van der Waals surface area contributed by atoms with Gasteiger partial charge in [0.2, 0.25) is 5.91 Å². The number of fused-ring (bicyclic) bond motifs is 1. The molecule has 2 rings (SSSR count). The molecule has 0 aromatic heterocycles. The van der Waals surface area contributed by atoms with E-state index in [-0.39, 0.29) is 18.3 Å². The number of rotatable bonds is 6. The molecule has 0 bridgehead atoms.